The molecule has 1 spiro atoms. The highest BCUT2D eigenvalue weighted by molar-refractivity contribution is 5.60. The van der Waals surface area contributed by atoms with Crippen LogP contribution in [0.25, 0.3) is 0 Å². The van der Waals surface area contributed by atoms with Gasteiger partial charge in [-0.05, 0) is 50.9 Å². The predicted octanol–water partition coefficient (Wildman–Crippen LogP) is 3.10. The van der Waals surface area contributed by atoms with E-state index in [0.29, 0.717) is 5.75 Å². The van der Waals surface area contributed by atoms with Crippen LogP contribution in [0.5, 0.6) is 11.5 Å². The number of phenols is 1. The molecule has 0 aromatic heterocycles. The molecule has 1 saturated heterocycles. The van der Waals surface area contributed by atoms with Crippen molar-refractivity contribution in [1.82, 2.24) is 4.90 Å². The summed E-state index contributed by atoms with van der Waals surface area (Å²) in [7, 11) is 2.16. The van der Waals surface area contributed by atoms with Crippen LogP contribution in [-0.4, -0.2) is 48.7 Å². The van der Waals surface area contributed by atoms with Crippen molar-refractivity contribution < 1.29 is 19.3 Å². The molecule has 26 heavy (non-hydrogen) atoms. The second-order valence-electron chi connectivity index (χ2n) is 8.15. The van der Waals surface area contributed by atoms with Crippen molar-refractivity contribution in [1.29, 1.82) is 0 Å². The lowest BCUT2D eigenvalue weighted by molar-refractivity contribution is -0.184. The van der Waals surface area contributed by atoms with Crippen molar-refractivity contribution in [3.8, 4) is 11.5 Å². The van der Waals surface area contributed by atoms with Crippen molar-refractivity contribution in [3.05, 3.63) is 35.4 Å². The number of aromatic hydroxyl groups is 1. The van der Waals surface area contributed by atoms with Gasteiger partial charge in [0.1, 0.15) is 6.10 Å². The Hall–Kier alpha value is -1.56. The zero-order valence-electron chi connectivity index (χ0n) is 15.3. The summed E-state index contributed by atoms with van der Waals surface area (Å²) in [6.07, 6.45) is 9.48. The van der Waals surface area contributed by atoms with Crippen LogP contribution in [0.4, 0.5) is 0 Å². The highest BCUT2D eigenvalue weighted by Crippen LogP contribution is 2.55. The van der Waals surface area contributed by atoms with Gasteiger partial charge in [0.05, 0.1) is 11.5 Å². The number of phenolic OH excluding ortho intramolecular Hbond substituents is 1. The summed E-state index contributed by atoms with van der Waals surface area (Å²) in [5.74, 6) is 0.936. The average Bonchev–Trinajstić information content (AvgIpc) is 2.91. The largest absolute Gasteiger partial charge is 0.504 e. The molecule has 4 atom stereocenters. The molecule has 1 aromatic rings. The first-order chi connectivity index (χ1) is 12.7. The molecule has 0 radical (unpaired) electrons. The lowest BCUT2D eigenvalue weighted by Gasteiger charge is -2.38. The Labute approximate surface area is 154 Å². The molecular formula is C21H27NO4. The van der Waals surface area contributed by atoms with Crippen molar-refractivity contribution in [3.63, 3.8) is 0 Å². The Morgan fingerprint density at radius 2 is 2.23 bits per heavy atom. The van der Waals surface area contributed by atoms with E-state index in [0.717, 1.165) is 45.4 Å². The van der Waals surface area contributed by atoms with Gasteiger partial charge in [0.25, 0.3) is 0 Å². The summed E-state index contributed by atoms with van der Waals surface area (Å²) in [4.78, 5) is 2.35. The molecule has 1 N–H and O–H groups in total. The summed E-state index contributed by atoms with van der Waals surface area (Å²) in [6, 6.07) is 3.82. The minimum Gasteiger partial charge on any atom is -0.504 e. The van der Waals surface area contributed by atoms with Gasteiger partial charge in [-0.1, -0.05) is 18.2 Å². The minimum absolute atomic E-state index is 0.00890. The quantitative estimate of drug-likeness (QED) is 0.825. The molecule has 3 heterocycles. The van der Waals surface area contributed by atoms with Crippen molar-refractivity contribution in [2.45, 2.75) is 62.6 Å². The second kappa shape index (κ2) is 6.25. The van der Waals surface area contributed by atoms with Gasteiger partial charge in [-0.15, -0.1) is 0 Å². The molecule has 0 amide bonds. The van der Waals surface area contributed by atoms with E-state index in [2.05, 4.69) is 30.2 Å². The molecule has 1 aromatic carbocycles. The summed E-state index contributed by atoms with van der Waals surface area (Å²) in [6.45, 7) is 2.69. The first kappa shape index (κ1) is 16.6. The Balaban J connectivity index is 1.47. The van der Waals surface area contributed by atoms with Gasteiger partial charge in [-0.25, -0.2) is 0 Å². The SMILES string of the molecule is CN1CCC23C=C[C@H](OC4CCCCO4)CC2Oc2c(O)ccc(c23)C1. The lowest BCUT2D eigenvalue weighted by Crippen LogP contribution is -2.44. The number of nitrogens with zero attached hydrogens (tertiary/aromatic N) is 1. The van der Waals surface area contributed by atoms with E-state index in [4.69, 9.17) is 14.2 Å². The third kappa shape index (κ3) is 2.56. The summed E-state index contributed by atoms with van der Waals surface area (Å²) < 4.78 is 18.3. The van der Waals surface area contributed by atoms with E-state index in [9.17, 15) is 5.11 Å². The third-order valence-electron chi connectivity index (χ3n) is 6.39. The topological polar surface area (TPSA) is 51.2 Å². The van der Waals surface area contributed by atoms with Crippen LogP contribution in [0.15, 0.2) is 24.3 Å². The number of rotatable bonds is 2. The molecule has 140 valence electrons. The Kier molecular flexibility index (Phi) is 3.99. The standard InChI is InChI=1S/C21H27NO4/c1-22-10-9-21-8-7-15(25-18-4-2-3-11-24-18)12-17(21)26-20-16(23)6-5-14(13-22)19(20)21/h5-8,15,17-18,23H,2-4,9-13H2,1H3/t15-,17?,18?,21?/m0/s1. The number of benzene rings is 1. The van der Waals surface area contributed by atoms with Crippen LogP contribution in [-0.2, 0) is 21.4 Å². The van der Waals surface area contributed by atoms with Crippen molar-refractivity contribution >= 4 is 0 Å². The van der Waals surface area contributed by atoms with Gasteiger partial charge in [0.15, 0.2) is 17.8 Å². The van der Waals surface area contributed by atoms with Crippen molar-refractivity contribution in [2.75, 3.05) is 20.2 Å². The average molecular weight is 357 g/mol. The third-order valence-corrected chi connectivity index (χ3v) is 6.39. The molecular weight excluding hydrogens is 330 g/mol. The van der Waals surface area contributed by atoms with E-state index in [1.54, 1.807) is 6.07 Å². The van der Waals surface area contributed by atoms with Gasteiger partial charge < -0.3 is 24.2 Å². The maximum absolute atomic E-state index is 10.4. The van der Waals surface area contributed by atoms with E-state index >= 15 is 0 Å². The summed E-state index contributed by atoms with van der Waals surface area (Å²) in [5, 5.41) is 10.4. The van der Waals surface area contributed by atoms with Crippen LogP contribution in [0.2, 0.25) is 0 Å². The molecule has 5 rings (SSSR count). The fourth-order valence-corrected chi connectivity index (χ4v) is 5.03. The monoisotopic (exact) mass is 357 g/mol. The van der Waals surface area contributed by atoms with Crippen LogP contribution < -0.4 is 4.74 Å². The first-order valence-corrected chi connectivity index (χ1v) is 9.83. The lowest BCUT2D eigenvalue weighted by atomic mass is 9.69. The molecule has 4 aliphatic rings. The van der Waals surface area contributed by atoms with E-state index in [-0.39, 0.29) is 29.7 Å². The van der Waals surface area contributed by atoms with Gasteiger partial charge in [0, 0.05) is 25.1 Å². The number of ether oxygens (including phenoxy) is 3. The fraction of sp³-hybridized carbons (Fsp3) is 0.619. The maximum Gasteiger partial charge on any atom is 0.165 e. The first-order valence-electron chi connectivity index (χ1n) is 9.83. The van der Waals surface area contributed by atoms with E-state index in [1.165, 1.54) is 17.5 Å². The van der Waals surface area contributed by atoms with Crippen LogP contribution in [0.1, 0.15) is 43.2 Å². The minimum atomic E-state index is -0.151. The van der Waals surface area contributed by atoms with E-state index in [1.807, 2.05) is 0 Å². The molecule has 3 aliphatic heterocycles. The molecule has 0 bridgehead atoms. The molecule has 3 unspecified atom stereocenters. The van der Waals surface area contributed by atoms with Gasteiger partial charge >= 0.3 is 0 Å². The normalized spacial score (nSPS) is 36.1. The van der Waals surface area contributed by atoms with E-state index < -0.39 is 0 Å². The summed E-state index contributed by atoms with van der Waals surface area (Å²) >= 11 is 0. The van der Waals surface area contributed by atoms with Crippen LogP contribution in [0, 0.1) is 0 Å². The highest BCUT2D eigenvalue weighted by Gasteiger charge is 2.52. The molecule has 1 fully saturated rings. The zero-order chi connectivity index (χ0) is 17.7. The highest BCUT2D eigenvalue weighted by atomic mass is 16.7. The molecule has 5 heteroatoms. The molecule has 1 aliphatic carbocycles. The Morgan fingerprint density at radius 3 is 3.08 bits per heavy atom. The maximum atomic E-state index is 10.4. The Bertz CT molecular complexity index is 727. The second-order valence-corrected chi connectivity index (χ2v) is 8.15. The predicted molar refractivity (Wildman–Crippen MR) is 97.4 cm³/mol. The van der Waals surface area contributed by atoms with Gasteiger partial charge in [-0.2, -0.15) is 0 Å². The number of hydrogen-bond donors (Lipinski definition) is 1. The van der Waals surface area contributed by atoms with Crippen molar-refractivity contribution in [2.24, 2.45) is 0 Å². The Morgan fingerprint density at radius 1 is 1.31 bits per heavy atom. The van der Waals surface area contributed by atoms with Crippen LogP contribution in [0.3, 0.4) is 0 Å². The fourth-order valence-electron chi connectivity index (χ4n) is 5.03. The van der Waals surface area contributed by atoms with Gasteiger partial charge in [-0.3, -0.25) is 0 Å². The molecule has 0 saturated carbocycles. The smallest absolute Gasteiger partial charge is 0.165 e. The zero-order valence-corrected chi connectivity index (χ0v) is 15.3. The summed E-state index contributed by atoms with van der Waals surface area (Å²) in [5.41, 5.74) is 2.30. The number of hydrogen-bond acceptors (Lipinski definition) is 5. The van der Waals surface area contributed by atoms with Crippen LogP contribution >= 0.6 is 0 Å². The molecule has 5 nitrogen and oxygen atoms in total. The van der Waals surface area contributed by atoms with Gasteiger partial charge in [0.2, 0.25) is 0 Å².